The van der Waals surface area contributed by atoms with Crippen molar-refractivity contribution < 1.29 is 9.59 Å². The number of anilines is 1. The molecule has 1 aromatic carbocycles. The zero-order valence-corrected chi connectivity index (χ0v) is 12.2. The van der Waals surface area contributed by atoms with Gasteiger partial charge in [0.25, 0.3) is 0 Å². The van der Waals surface area contributed by atoms with Crippen LogP contribution in [0.1, 0.15) is 27.7 Å². The lowest BCUT2D eigenvalue weighted by Gasteiger charge is -2.29. The molecule has 4 nitrogen and oxygen atoms in total. The Kier molecular flexibility index (Phi) is 4.70. The maximum absolute atomic E-state index is 12.5. The van der Waals surface area contributed by atoms with Gasteiger partial charge in [-0.25, -0.2) is 0 Å². The van der Waals surface area contributed by atoms with Crippen molar-refractivity contribution in [1.82, 2.24) is 5.32 Å². The molecule has 0 unspecified atom stereocenters. The van der Waals surface area contributed by atoms with Crippen LogP contribution in [0.3, 0.4) is 0 Å². The van der Waals surface area contributed by atoms with Gasteiger partial charge < -0.3 is 10.2 Å². The number of benzene rings is 1. The molecule has 0 aliphatic heterocycles. The minimum atomic E-state index is -1.09. The SMILES string of the molecule is CC(C)NC(=O)C(C)(C)C(=O)N(C)c1ccccc1. The fourth-order valence-electron chi connectivity index (χ4n) is 1.73. The Balaban J connectivity index is 2.89. The Morgan fingerprint density at radius 2 is 1.68 bits per heavy atom. The molecule has 0 aliphatic carbocycles. The molecule has 0 atom stereocenters. The lowest BCUT2D eigenvalue weighted by atomic mass is 9.90. The molecule has 0 heterocycles. The molecule has 2 amide bonds. The van der Waals surface area contributed by atoms with Crippen LogP contribution >= 0.6 is 0 Å². The third-order valence-electron chi connectivity index (χ3n) is 2.97. The minimum Gasteiger partial charge on any atom is -0.353 e. The van der Waals surface area contributed by atoms with E-state index < -0.39 is 5.41 Å². The standard InChI is InChI=1S/C15H22N2O2/c1-11(2)16-13(18)15(3,4)14(19)17(5)12-9-7-6-8-10-12/h6-11H,1-5H3,(H,16,18). The Bertz CT molecular complexity index is 452. The molecule has 1 aromatic rings. The van der Waals surface area contributed by atoms with Crippen molar-refractivity contribution in [2.24, 2.45) is 5.41 Å². The van der Waals surface area contributed by atoms with Crippen LogP contribution < -0.4 is 10.2 Å². The number of rotatable bonds is 4. The van der Waals surface area contributed by atoms with Crippen LogP contribution in [-0.4, -0.2) is 24.9 Å². The number of nitrogens with one attached hydrogen (secondary N) is 1. The third-order valence-corrected chi connectivity index (χ3v) is 2.97. The normalized spacial score (nSPS) is 11.3. The van der Waals surface area contributed by atoms with Crippen molar-refractivity contribution in [3.05, 3.63) is 30.3 Å². The van der Waals surface area contributed by atoms with E-state index in [1.54, 1.807) is 20.9 Å². The smallest absolute Gasteiger partial charge is 0.241 e. The first-order valence-corrected chi connectivity index (χ1v) is 6.41. The minimum absolute atomic E-state index is 0.0154. The van der Waals surface area contributed by atoms with Crippen molar-refractivity contribution in [2.45, 2.75) is 33.7 Å². The Morgan fingerprint density at radius 3 is 2.16 bits per heavy atom. The number of hydrogen-bond donors (Lipinski definition) is 1. The molecular weight excluding hydrogens is 240 g/mol. The van der Waals surface area contributed by atoms with E-state index in [0.29, 0.717) is 0 Å². The van der Waals surface area contributed by atoms with E-state index in [4.69, 9.17) is 0 Å². The molecule has 0 fully saturated rings. The fourth-order valence-corrected chi connectivity index (χ4v) is 1.73. The summed E-state index contributed by atoms with van der Waals surface area (Å²) in [7, 11) is 1.68. The van der Waals surface area contributed by atoms with Crippen LogP contribution in [-0.2, 0) is 9.59 Å². The second kappa shape index (κ2) is 5.87. The van der Waals surface area contributed by atoms with E-state index in [9.17, 15) is 9.59 Å². The monoisotopic (exact) mass is 262 g/mol. The first kappa shape index (κ1) is 15.2. The first-order chi connectivity index (χ1) is 8.76. The van der Waals surface area contributed by atoms with Crippen LogP contribution in [0.25, 0.3) is 0 Å². The highest BCUT2D eigenvalue weighted by Gasteiger charge is 2.38. The second-order valence-electron chi connectivity index (χ2n) is 5.45. The van der Waals surface area contributed by atoms with Crippen molar-refractivity contribution in [3.8, 4) is 0 Å². The molecule has 0 radical (unpaired) electrons. The molecule has 1 rings (SSSR count). The topological polar surface area (TPSA) is 49.4 Å². The maximum Gasteiger partial charge on any atom is 0.241 e. The summed E-state index contributed by atoms with van der Waals surface area (Å²) in [6.07, 6.45) is 0. The van der Waals surface area contributed by atoms with Crippen LogP contribution in [0.4, 0.5) is 5.69 Å². The van der Waals surface area contributed by atoms with Crippen molar-refractivity contribution in [2.75, 3.05) is 11.9 Å². The van der Waals surface area contributed by atoms with E-state index in [1.807, 2.05) is 44.2 Å². The van der Waals surface area contributed by atoms with Gasteiger partial charge in [-0.3, -0.25) is 9.59 Å². The summed E-state index contributed by atoms with van der Waals surface area (Å²) in [6, 6.07) is 9.31. The highest BCUT2D eigenvalue weighted by atomic mass is 16.2. The number of amides is 2. The van der Waals surface area contributed by atoms with Gasteiger partial charge in [0, 0.05) is 18.8 Å². The van der Waals surface area contributed by atoms with E-state index in [1.165, 1.54) is 4.90 Å². The lowest BCUT2D eigenvalue weighted by Crippen LogP contribution is -2.50. The molecule has 0 aromatic heterocycles. The van der Waals surface area contributed by atoms with E-state index >= 15 is 0 Å². The third kappa shape index (κ3) is 3.56. The fraction of sp³-hybridized carbons (Fsp3) is 0.467. The molecular formula is C15H22N2O2. The molecule has 19 heavy (non-hydrogen) atoms. The summed E-state index contributed by atoms with van der Waals surface area (Å²) < 4.78 is 0. The van der Waals surface area contributed by atoms with Gasteiger partial charge >= 0.3 is 0 Å². The average Bonchev–Trinajstić information content (AvgIpc) is 2.37. The van der Waals surface area contributed by atoms with Gasteiger partial charge in [-0.15, -0.1) is 0 Å². The van der Waals surface area contributed by atoms with E-state index in [2.05, 4.69) is 5.32 Å². The quantitative estimate of drug-likeness (QED) is 0.846. The zero-order valence-electron chi connectivity index (χ0n) is 12.2. The number of carbonyl (C=O) groups excluding carboxylic acids is 2. The summed E-state index contributed by atoms with van der Waals surface area (Å²) in [5.74, 6) is -0.480. The maximum atomic E-state index is 12.5. The van der Waals surface area contributed by atoms with Gasteiger partial charge in [0.1, 0.15) is 5.41 Å². The molecule has 0 saturated carbocycles. The Hall–Kier alpha value is -1.84. The molecule has 0 saturated heterocycles. The van der Waals surface area contributed by atoms with Gasteiger partial charge in [-0.1, -0.05) is 18.2 Å². The molecule has 0 spiro atoms. The number of nitrogens with zero attached hydrogens (tertiary/aromatic N) is 1. The van der Waals surface area contributed by atoms with Crippen LogP contribution in [0, 0.1) is 5.41 Å². The molecule has 0 bridgehead atoms. The highest BCUT2D eigenvalue weighted by Crippen LogP contribution is 2.23. The van der Waals surface area contributed by atoms with Crippen molar-refractivity contribution in [1.29, 1.82) is 0 Å². The number of hydrogen-bond acceptors (Lipinski definition) is 2. The van der Waals surface area contributed by atoms with Gasteiger partial charge in [0.15, 0.2) is 0 Å². The summed E-state index contributed by atoms with van der Waals surface area (Å²) in [5.41, 5.74) is -0.313. The van der Waals surface area contributed by atoms with E-state index in [0.717, 1.165) is 5.69 Å². The van der Waals surface area contributed by atoms with Crippen LogP contribution in [0.15, 0.2) is 30.3 Å². The lowest BCUT2D eigenvalue weighted by molar-refractivity contribution is -0.139. The molecule has 104 valence electrons. The van der Waals surface area contributed by atoms with Gasteiger partial charge in [0.05, 0.1) is 0 Å². The van der Waals surface area contributed by atoms with Gasteiger partial charge in [0.2, 0.25) is 11.8 Å². The number of carbonyl (C=O) groups is 2. The zero-order chi connectivity index (χ0) is 14.6. The van der Waals surface area contributed by atoms with Crippen molar-refractivity contribution in [3.63, 3.8) is 0 Å². The first-order valence-electron chi connectivity index (χ1n) is 6.41. The average molecular weight is 262 g/mol. The Morgan fingerprint density at radius 1 is 1.16 bits per heavy atom. The summed E-state index contributed by atoms with van der Waals surface area (Å²) in [6.45, 7) is 7.04. The predicted molar refractivity (Wildman–Crippen MR) is 76.9 cm³/mol. The Labute approximate surface area is 114 Å². The van der Waals surface area contributed by atoms with Crippen LogP contribution in [0.5, 0.6) is 0 Å². The number of para-hydroxylation sites is 1. The summed E-state index contributed by atoms with van der Waals surface area (Å²) >= 11 is 0. The van der Waals surface area contributed by atoms with Crippen molar-refractivity contribution >= 4 is 17.5 Å². The van der Waals surface area contributed by atoms with Crippen LogP contribution in [0.2, 0.25) is 0 Å². The summed E-state index contributed by atoms with van der Waals surface area (Å²) in [4.78, 5) is 26.1. The predicted octanol–water partition coefficient (Wildman–Crippen LogP) is 2.20. The van der Waals surface area contributed by atoms with Gasteiger partial charge in [-0.05, 0) is 39.8 Å². The van der Waals surface area contributed by atoms with E-state index in [-0.39, 0.29) is 17.9 Å². The highest BCUT2D eigenvalue weighted by molar-refractivity contribution is 6.10. The molecule has 0 aliphatic rings. The molecule has 4 heteroatoms. The summed E-state index contributed by atoms with van der Waals surface area (Å²) in [5, 5.41) is 2.78. The van der Waals surface area contributed by atoms with Gasteiger partial charge in [-0.2, -0.15) is 0 Å². The second-order valence-corrected chi connectivity index (χ2v) is 5.45. The molecule has 1 N–H and O–H groups in total. The largest absolute Gasteiger partial charge is 0.353 e.